The van der Waals surface area contributed by atoms with Crippen molar-refractivity contribution in [3.63, 3.8) is 0 Å². The van der Waals surface area contributed by atoms with Gasteiger partial charge in [0.05, 0.1) is 34.9 Å². The zero-order valence-corrected chi connectivity index (χ0v) is 13.9. The summed E-state index contributed by atoms with van der Waals surface area (Å²) < 4.78 is 1.61. The highest BCUT2D eigenvalue weighted by atomic mass is 35.5. The summed E-state index contributed by atoms with van der Waals surface area (Å²) in [6, 6.07) is 7.03. The topological polar surface area (TPSA) is 79.2 Å². The van der Waals surface area contributed by atoms with Crippen molar-refractivity contribution in [2.75, 3.05) is 11.9 Å². The minimum absolute atomic E-state index is 0.201. The average molecular weight is 337 g/mol. The van der Waals surface area contributed by atoms with E-state index < -0.39 is 0 Å². The molecule has 124 valence electrons. The van der Waals surface area contributed by atoms with Crippen molar-refractivity contribution in [1.29, 1.82) is 0 Å². The van der Waals surface area contributed by atoms with Crippen LogP contribution in [0.5, 0.6) is 0 Å². The van der Waals surface area contributed by atoms with Crippen LogP contribution < -0.4 is 10.6 Å². The summed E-state index contributed by atoms with van der Waals surface area (Å²) >= 11 is 6.12. The SMILES string of the molecule is C[C@H](CNC(=O)Nc1cnn(-c2ccccc2Cl)c1)C[C@H](C)O. The third kappa shape index (κ3) is 5.26. The first-order valence-corrected chi connectivity index (χ1v) is 7.86. The van der Waals surface area contributed by atoms with E-state index in [0.29, 0.717) is 23.7 Å². The Hall–Kier alpha value is -2.05. The molecule has 0 aliphatic heterocycles. The number of benzene rings is 1. The molecule has 1 heterocycles. The van der Waals surface area contributed by atoms with Gasteiger partial charge in [0.15, 0.2) is 0 Å². The van der Waals surface area contributed by atoms with Gasteiger partial charge in [0.1, 0.15) is 0 Å². The van der Waals surface area contributed by atoms with E-state index in [4.69, 9.17) is 11.6 Å². The van der Waals surface area contributed by atoms with Crippen LogP contribution in [0.2, 0.25) is 5.02 Å². The van der Waals surface area contributed by atoms with Crippen LogP contribution in [-0.4, -0.2) is 33.6 Å². The molecule has 2 atom stereocenters. The molecule has 0 fully saturated rings. The second kappa shape index (κ2) is 7.99. The Morgan fingerprint density at radius 2 is 2.13 bits per heavy atom. The van der Waals surface area contributed by atoms with E-state index in [-0.39, 0.29) is 18.1 Å². The maximum atomic E-state index is 11.9. The summed E-state index contributed by atoms with van der Waals surface area (Å²) in [5.41, 5.74) is 1.32. The van der Waals surface area contributed by atoms with E-state index in [0.717, 1.165) is 5.69 Å². The Bertz CT molecular complexity index is 657. The Balaban J connectivity index is 1.89. The molecule has 7 heteroatoms. The van der Waals surface area contributed by atoms with Gasteiger partial charge in [-0.15, -0.1) is 0 Å². The van der Waals surface area contributed by atoms with Crippen molar-refractivity contribution < 1.29 is 9.90 Å². The highest BCUT2D eigenvalue weighted by molar-refractivity contribution is 6.32. The second-order valence-electron chi connectivity index (χ2n) is 5.65. The van der Waals surface area contributed by atoms with Gasteiger partial charge in [-0.1, -0.05) is 30.7 Å². The van der Waals surface area contributed by atoms with Crippen LogP contribution in [0.1, 0.15) is 20.3 Å². The van der Waals surface area contributed by atoms with Crippen molar-refractivity contribution in [2.24, 2.45) is 5.92 Å². The number of anilines is 1. The molecule has 1 aromatic carbocycles. The molecule has 0 aliphatic carbocycles. The number of halogens is 1. The minimum atomic E-state index is -0.372. The lowest BCUT2D eigenvalue weighted by molar-refractivity contribution is 0.163. The highest BCUT2D eigenvalue weighted by Crippen LogP contribution is 2.20. The number of carbonyl (C=O) groups excluding carboxylic acids is 1. The Kier molecular flexibility index (Phi) is 6.01. The molecule has 6 nitrogen and oxygen atoms in total. The number of amides is 2. The zero-order chi connectivity index (χ0) is 16.8. The van der Waals surface area contributed by atoms with Crippen LogP contribution in [-0.2, 0) is 0 Å². The van der Waals surface area contributed by atoms with Gasteiger partial charge in [-0.2, -0.15) is 5.10 Å². The molecule has 2 aromatic rings. The van der Waals surface area contributed by atoms with Gasteiger partial charge >= 0.3 is 6.03 Å². The molecule has 2 amide bonds. The van der Waals surface area contributed by atoms with Crippen molar-refractivity contribution in [3.8, 4) is 5.69 Å². The number of rotatable bonds is 6. The highest BCUT2D eigenvalue weighted by Gasteiger charge is 2.10. The smallest absolute Gasteiger partial charge is 0.319 e. The molecule has 23 heavy (non-hydrogen) atoms. The summed E-state index contributed by atoms with van der Waals surface area (Å²) in [6.07, 6.45) is 3.52. The molecule has 1 aromatic heterocycles. The molecule has 0 aliphatic rings. The average Bonchev–Trinajstić information content (AvgIpc) is 2.93. The van der Waals surface area contributed by atoms with E-state index in [1.807, 2.05) is 25.1 Å². The molecule has 0 unspecified atom stereocenters. The van der Waals surface area contributed by atoms with Gasteiger partial charge in [0.2, 0.25) is 0 Å². The van der Waals surface area contributed by atoms with E-state index in [1.165, 1.54) is 0 Å². The third-order valence-corrected chi connectivity index (χ3v) is 3.61. The van der Waals surface area contributed by atoms with E-state index in [2.05, 4.69) is 15.7 Å². The first-order chi connectivity index (χ1) is 11.0. The number of nitrogens with one attached hydrogen (secondary N) is 2. The van der Waals surface area contributed by atoms with Crippen molar-refractivity contribution in [2.45, 2.75) is 26.4 Å². The van der Waals surface area contributed by atoms with Crippen LogP contribution in [0.3, 0.4) is 0 Å². The van der Waals surface area contributed by atoms with Gasteiger partial charge in [0.25, 0.3) is 0 Å². The number of hydrogen-bond acceptors (Lipinski definition) is 3. The molecule has 2 rings (SSSR count). The maximum absolute atomic E-state index is 11.9. The number of hydrogen-bond donors (Lipinski definition) is 3. The summed E-state index contributed by atoms with van der Waals surface area (Å²) in [5, 5.41) is 19.6. The Labute approximate surface area is 140 Å². The number of aromatic nitrogens is 2. The fourth-order valence-electron chi connectivity index (χ4n) is 2.26. The molecule has 0 spiro atoms. The van der Waals surface area contributed by atoms with E-state index in [9.17, 15) is 9.90 Å². The molecule has 0 saturated carbocycles. The van der Waals surface area contributed by atoms with Gasteiger partial charge in [-0.05, 0) is 31.4 Å². The number of carbonyl (C=O) groups is 1. The number of aliphatic hydroxyl groups is 1. The molecule has 0 radical (unpaired) electrons. The van der Waals surface area contributed by atoms with Crippen LogP contribution >= 0.6 is 11.6 Å². The summed E-state index contributed by atoms with van der Waals surface area (Å²) in [7, 11) is 0. The van der Waals surface area contributed by atoms with Gasteiger partial charge < -0.3 is 15.7 Å². The fourth-order valence-corrected chi connectivity index (χ4v) is 2.49. The molecule has 3 N–H and O–H groups in total. The first kappa shape index (κ1) is 17.3. The predicted molar refractivity (Wildman–Crippen MR) is 91.1 cm³/mol. The van der Waals surface area contributed by atoms with Crippen LogP contribution in [0.15, 0.2) is 36.7 Å². The van der Waals surface area contributed by atoms with Gasteiger partial charge in [-0.3, -0.25) is 0 Å². The number of nitrogens with zero attached hydrogens (tertiary/aromatic N) is 2. The summed E-state index contributed by atoms with van der Waals surface area (Å²) in [4.78, 5) is 11.9. The quantitative estimate of drug-likeness (QED) is 0.758. The molecule has 0 saturated heterocycles. The Morgan fingerprint density at radius 1 is 1.39 bits per heavy atom. The lowest BCUT2D eigenvalue weighted by Crippen LogP contribution is -2.33. The number of urea groups is 1. The Morgan fingerprint density at radius 3 is 2.83 bits per heavy atom. The molecule has 0 bridgehead atoms. The van der Waals surface area contributed by atoms with Crippen LogP contribution in [0, 0.1) is 5.92 Å². The third-order valence-electron chi connectivity index (χ3n) is 3.29. The largest absolute Gasteiger partial charge is 0.393 e. The van der Waals surface area contributed by atoms with Crippen molar-refractivity contribution in [1.82, 2.24) is 15.1 Å². The van der Waals surface area contributed by atoms with Gasteiger partial charge in [-0.25, -0.2) is 9.48 Å². The normalized spacial score (nSPS) is 13.4. The van der Waals surface area contributed by atoms with Gasteiger partial charge in [0, 0.05) is 6.54 Å². The number of para-hydroxylation sites is 1. The molecular weight excluding hydrogens is 316 g/mol. The summed E-state index contributed by atoms with van der Waals surface area (Å²) in [5.74, 6) is 0.201. The summed E-state index contributed by atoms with van der Waals surface area (Å²) in [6.45, 7) is 4.21. The fraction of sp³-hybridized carbons (Fsp3) is 0.375. The maximum Gasteiger partial charge on any atom is 0.319 e. The minimum Gasteiger partial charge on any atom is -0.393 e. The van der Waals surface area contributed by atoms with Crippen LogP contribution in [0.25, 0.3) is 5.69 Å². The van der Waals surface area contributed by atoms with Crippen molar-refractivity contribution in [3.05, 3.63) is 41.7 Å². The number of aliphatic hydroxyl groups excluding tert-OH is 1. The van der Waals surface area contributed by atoms with Crippen LogP contribution in [0.4, 0.5) is 10.5 Å². The lowest BCUT2D eigenvalue weighted by atomic mass is 10.1. The second-order valence-corrected chi connectivity index (χ2v) is 6.06. The van der Waals surface area contributed by atoms with E-state index in [1.54, 1.807) is 30.1 Å². The monoisotopic (exact) mass is 336 g/mol. The molecular formula is C16H21ClN4O2. The van der Waals surface area contributed by atoms with Crippen molar-refractivity contribution >= 4 is 23.3 Å². The predicted octanol–water partition coefficient (Wildman–Crippen LogP) is 3.05. The first-order valence-electron chi connectivity index (χ1n) is 7.48. The zero-order valence-electron chi connectivity index (χ0n) is 13.2. The van der Waals surface area contributed by atoms with E-state index >= 15 is 0 Å². The lowest BCUT2D eigenvalue weighted by Gasteiger charge is -2.14. The standard InChI is InChI=1S/C16H21ClN4O2/c1-11(7-12(2)22)8-18-16(23)20-13-9-19-21(10-13)15-6-4-3-5-14(15)17/h3-6,9-12,22H,7-8H2,1-2H3,(H2,18,20,23)/t11-,12-/m0/s1.